The van der Waals surface area contributed by atoms with Gasteiger partial charge in [-0.15, -0.1) is 0 Å². The van der Waals surface area contributed by atoms with Gasteiger partial charge in [0.15, 0.2) is 9.84 Å². The maximum Gasteiger partial charge on any atom is 0.411 e. The molecule has 0 heterocycles. The first-order valence-corrected chi connectivity index (χ1v) is 7.53. The number of hydrogen-bond acceptors (Lipinski definition) is 3. The number of halogens is 3. The number of rotatable bonds is 4. The normalized spacial score (nSPS) is 18.1. The molecule has 0 bridgehead atoms. The number of nitrogens with one attached hydrogen (secondary N) is 1. The van der Waals surface area contributed by atoms with Crippen LogP contribution < -0.4 is 5.32 Å². The second-order valence-corrected chi connectivity index (χ2v) is 6.91. The Balaban J connectivity index is 2.17. The quantitative estimate of drug-likeness (QED) is 0.928. The summed E-state index contributed by atoms with van der Waals surface area (Å²) in [5.74, 6) is -0.0355. The highest BCUT2D eigenvalue weighted by atomic mass is 32.2. The van der Waals surface area contributed by atoms with Gasteiger partial charge in [0.1, 0.15) is 5.54 Å². The molecule has 106 valence electrons. The van der Waals surface area contributed by atoms with Crippen LogP contribution in [0.1, 0.15) is 19.8 Å². The lowest BCUT2D eigenvalue weighted by Crippen LogP contribution is -2.38. The van der Waals surface area contributed by atoms with Gasteiger partial charge in [-0.1, -0.05) is 6.92 Å². The minimum atomic E-state index is -4.29. The van der Waals surface area contributed by atoms with Gasteiger partial charge < -0.3 is 5.32 Å². The number of anilines is 1. The maximum absolute atomic E-state index is 12.7. The first-order chi connectivity index (χ1) is 8.70. The van der Waals surface area contributed by atoms with Crippen molar-refractivity contribution in [2.24, 2.45) is 0 Å². The zero-order chi connectivity index (χ0) is 14.3. The zero-order valence-corrected chi connectivity index (χ0v) is 11.1. The first-order valence-electron chi connectivity index (χ1n) is 5.88. The van der Waals surface area contributed by atoms with Crippen LogP contribution in [-0.2, 0) is 9.84 Å². The van der Waals surface area contributed by atoms with E-state index < -0.39 is 21.6 Å². The van der Waals surface area contributed by atoms with Crippen LogP contribution in [0.4, 0.5) is 18.9 Å². The van der Waals surface area contributed by atoms with Crippen molar-refractivity contribution >= 4 is 15.5 Å². The van der Waals surface area contributed by atoms with Crippen molar-refractivity contribution in [1.82, 2.24) is 0 Å². The fourth-order valence-corrected chi connectivity index (χ4v) is 2.68. The first kappa shape index (κ1) is 14.2. The van der Waals surface area contributed by atoms with Gasteiger partial charge in [0, 0.05) is 5.69 Å². The zero-order valence-electron chi connectivity index (χ0n) is 10.3. The second-order valence-electron chi connectivity index (χ2n) is 4.63. The van der Waals surface area contributed by atoms with Gasteiger partial charge in [-0.05, 0) is 37.1 Å². The Labute approximate surface area is 109 Å². The highest BCUT2D eigenvalue weighted by molar-refractivity contribution is 7.91. The molecule has 1 aliphatic carbocycles. The number of hydrogen-bond donors (Lipinski definition) is 1. The largest absolute Gasteiger partial charge is 0.411 e. The van der Waals surface area contributed by atoms with Crippen molar-refractivity contribution in [1.29, 1.82) is 0 Å². The standard InChI is InChI=1S/C12H14F3NO2S/c1-2-19(17,18)10-5-3-9(4-6-10)16-11(7-8-11)12(13,14)15/h3-6,16H,2,7-8H2,1H3. The van der Waals surface area contributed by atoms with E-state index in [2.05, 4.69) is 5.32 Å². The average molecular weight is 293 g/mol. The molecule has 0 aromatic heterocycles. The van der Waals surface area contributed by atoms with E-state index in [4.69, 9.17) is 0 Å². The molecule has 7 heteroatoms. The van der Waals surface area contributed by atoms with Gasteiger partial charge in [-0.3, -0.25) is 0 Å². The molecule has 0 spiro atoms. The van der Waals surface area contributed by atoms with Crippen LogP contribution in [0.3, 0.4) is 0 Å². The highest BCUT2D eigenvalue weighted by Gasteiger charge is 2.63. The predicted octanol–water partition coefficient (Wildman–Crippen LogP) is 2.99. The summed E-state index contributed by atoms with van der Waals surface area (Å²) in [6, 6.07) is 5.39. The fraction of sp³-hybridized carbons (Fsp3) is 0.500. The summed E-state index contributed by atoms with van der Waals surface area (Å²) < 4.78 is 61.4. The maximum atomic E-state index is 12.7. The summed E-state index contributed by atoms with van der Waals surface area (Å²) in [6.45, 7) is 1.52. The number of benzene rings is 1. The van der Waals surface area contributed by atoms with Gasteiger partial charge in [-0.25, -0.2) is 8.42 Å². The van der Waals surface area contributed by atoms with E-state index in [1.807, 2.05) is 0 Å². The minimum absolute atomic E-state index is 0.0355. The molecule has 1 saturated carbocycles. The predicted molar refractivity (Wildman–Crippen MR) is 65.8 cm³/mol. The van der Waals surface area contributed by atoms with E-state index in [1.165, 1.54) is 31.2 Å². The van der Waals surface area contributed by atoms with Crippen LogP contribution in [0, 0.1) is 0 Å². The van der Waals surface area contributed by atoms with Crippen LogP contribution >= 0.6 is 0 Å². The van der Waals surface area contributed by atoms with E-state index in [-0.39, 0.29) is 29.2 Å². The molecule has 0 amide bonds. The molecule has 0 saturated heterocycles. The smallest absolute Gasteiger partial charge is 0.372 e. The molecule has 0 unspecified atom stereocenters. The molecule has 2 rings (SSSR count). The highest BCUT2D eigenvalue weighted by Crippen LogP contribution is 2.51. The van der Waals surface area contributed by atoms with Crippen molar-refractivity contribution < 1.29 is 21.6 Å². The lowest BCUT2D eigenvalue weighted by Gasteiger charge is -2.22. The van der Waals surface area contributed by atoms with Gasteiger partial charge >= 0.3 is 6.18 Å². The SMILES string of the molecule is CCS(=O)(=O)c1ccc(NC2(C(F)(F)F)CC2)cc1. The Kier molecular flexibility index (Phi) is 3.28. The van der Waals surface area contributed by atoms with Crippen molar-refractivity contribution in [2.75, 3.05) is 11.1 Å². The monoisotopic (exact) mass is 293 g/mol. The van der Waals surface area contributed by atoms with Gasteiger partial charge in [-0.2, -0.15) is 13.2 Å². The molecule has 0 atom stereocenters. The number of sulfone groups is 1. The molecular weight excluding hydrogens is 279 g/mol. The van der Waals surface area contributed by atoms with E-state index in [9.17, 15) is 21.6 Å². The molecular formula is C12H14F3NO2S. The van der Waals surface area contributed by atoms with Crippen LogP contribution in [0.2, 0.25) is 0 Å². The van der Waals surface area contributed by atoms with Crippen molar-refractivity contribution in [2.45, 2.75) is 36.4 Å². The van der Waals surface area contributed by atoms with Gasteiger partial charge in [0.25, 0.3) is 0 Å². The second kappa shape index (κ2) is 4.40. The molecule has 1 N–H and O–H groups in total. The Bertz CT molecular complexity index is 560. The van der Waals surface area contributed by atoms with E-state index >= 15 is 0 Å². The van der Waals surface area contributed by atoms with Crippen molar-refractivity contribution in [3.63, 3.8) is 0 Å². The van der Waals surface area contributed by atoms with Gasteiger partial charge in [0.05, 0.1) is 10.6 Å². The Morgan fingerprint density at radius 3 is 2.11 bits per heavy atom. The molecule has 0 aliphatic heterocycles. The average Bonchev–Trinajstić information content (AvgIpc) is 3.10. The fourth-order valence-electron chi connectivity index (χ4n) is 1.79. The summed E-state index contributed by atoms with van der Waals surface area (Å²) in [4.78, 5) is 0.123. The third-order valence-corrected chi connectivity index (χ3v) is 5.02. The molecule has 3 nitrogen and oxygen atoms in total. The number of alkyl halides is 3. The molecule has 1 aliphatic rings. The molecule has 1 aromatic rings. The lowest BCUT2D eigenvalue weighted by atomic mass is 10.2. The van der Waals surface area contributed by atoms with Crippen LogP contribution in [0.15, 0.2) is 29.2 Å². The lowest BCUT2D eigenvalue weighted by molar-refractivity contribution is -0.151. The van der Waals surface area contributed by atoms with Crippen LogP contribution in [0.25, 0.3) is 0 Å². The topological polar surface area (TPSA) is 46.2 Å². The van der Waals surface area contributed by atoms with Crippen LogP contribution in [-0.4, -0.2) is 25.9 Å². The summed E-state index contributed by atoms with van der Waals surface area (Å²) in [5.41, 5.74) is -1.55. The summed E-state index contributed by atoms with van der Waals surface area (Å²) in [7, 11) is -3.32. The molecule has 1 aromatic carbocycles. The van der Waals surface area contributed by atoms with Crippen molar-refractivity contribution in [3.05, 3.63) is 24.3 Å². The Morgan fingerprint density at radius 1 is 1.21 bits per heavy atom. The minimum Gasteiger partial charge on any atom is -0.372 e. The van der Waals surface area contributed by atoms with Crippen LogP contribution in [0.5, 0.6) is 0 Å². The molecule has 19 heavy (non-hydrogen) atoms. The summed E-state index contributed by atoms with van der Waals surface area (Å²) in [5, 5.41) is 2.45. The van der Waals surface area contributed by atoms with E-state index in [0.717, 1.165) is 0 Å². The molecule has 1 fully saturated rings. The Hall–Kier alpha value is -1.24. The van der Waals surface area contributed by atoms with Crippen molar-refractivity contribution in [3.8, 4) is 0 Å². The Morgan fingerprint density at radius 2 is 1.74 bits per heavy atom. The molecule has 0 radical (unpaired) electrons. The third-order valence-electron chi connectivity index (χ3n) is 3.27. The van der Waals surface area contributed by atoms with Gasteiger partial charge in [0.2, 0.25) is 0 Å². The van der Waals surface area contributed by atoms with E-state index in [0.29, 0.717) is 0 Å². The van der Waals surface area contributed by atoms with E-state index in [1.54, 1.807) is 0 Å². The summed E-state index contributed by atoms with van der Waals surface area (Å²) >= 11 is 0. The summed E-state index contributed by atoms with van der Waals surface area (Å²) in [6.07, 6.45) is -4.20. The third kappa shape index (κ3) is 2.70.